The minimum atomic E-state index is -0.304. The molecule has 8 nitrogen and oxygen atoms in total. The fourth-order valence-corrected chi connectivity index (χ4v) is 4.04. The number of fused-ring (bicyclic) bond motifs is 3. The number of ether oxygens (including phenoxy) is 1. The van der Waals surface area contributed by atoms with Crippen molar-refractivity contribution in [2.75, 3.05) is 6.61 Å². The second-order valence-corrected chi connectivity index (χ2v) is 7.49. The molecule has 3 aromatic rings. The zero-order chi connectivity index (χ0) is 19.3. The predicted octanol–water partition coefficient (Wildman–Crippen LogP) is 1.75. The SMILES string of the molecule is CCCCn1c(=O)c2c(nc3n(C[C@H]4CCCO4)c(C)c(C)n23)n(C)c1=O. The Balaban J connectivity index is 1.99. The maximum atomic E-state index is 13.2. The molecule has 0 N–H and O–H groups in total. The lowest BCUT2D eigenvalue weighted by Crippen LogP contribution is -2.39. The van der Waals surface area contributed by atoms with E-state index < -0.39 is 0 Å². The number of nitrogens with zero attached hydrogens (tertiary/aromatic N) is 5. The Labute approximate surface area is 157 Å². The fraction of sp³-hybridized carbons (Fsp3) is 0.632. The van der Waals surface area contributed by atoms with Crippen molar-refractivity contribution in [2.45, 2.75) is 65.6 Å². The van der Waals surface area contributed by atoms with E-state index in [4.69, 9.17) is 9.72 Å². The monoisotopic (exact) mass is 373 g/mol. The van der Waals surface area contributed by atoms with E-state index in [2.05, 4.69) is 4.57 Å². The third-order valence-electron chi connectivity index (χ3n) is 5.78. The van der Waals surface area contributed by atoms with Crippen molar-refractivity contribution in [3.05, 3.63) is 32.2 Å². The molecule has 1 aliphatic rings. The van der Waals surface area contributed by atoms with Crippen LogP contribution >= 0.6 is 0 Å². The summed E-state index contributed by atoms with van der Waals surface area (Å²) < 4.78 is 12.6. The van der Waals surface area contributed by atoms with Crippen molar-refractivity contribution in [2.24, 2.45) is 7.05 Å². The first-order chi connectivity index (χ1) is 13.0. The zero-order valence-electron chi connectivity index (χ0n) is 16.5. The van der Waals surface area contributed by atoms with Gasteiger partial charge in [-0.05, 0) is 33.1 Å². The van der Waals surface area contributed by atoms with Crippen LogP contribution in [0.3, 0.4) is 0 Å². The molecule has 1 fully saturated rings. The van der Waals surface area contributed by atoms with Crippen LogP contribution in [-0.2, 0) is 24.9 Å². The van der Waals surface area contributed by atoms with E-state index in [0.717, 1.165) is 43.7 Å². The third kappa shape index (κ3) is 2.65. The Morgan fingerprint density at radius 1 is 1.19 bits per heavy atom. The smallest absolute Gasteiger partial charge is 0.332 e. The van der Waals surface area contributed by atoms with E-state index in [0.29, 0.717) is 30.0 Å². The maximum Gasteiger partial charge on any atom is 0.332 e. The van der Waals surface area contributed by atoms with Gasteiger partial charge in [0, 0.05) is 31.6 Å². The molecule has 0 amide bonds. The highest BCUT2D eigenvalue weighted by molar-refractivity contribution is 5.76. The van der Waals surface area contributed by atoms with Gasteiger partial charge in [0.1, 0.15) is 0 Å². The van der Waals surface area contributed by atoms with Gasteiger partial charge >= 0.3 is 5.69 Å². The lowest BCUT2D eigenvalue weighted by atomic mass is 10.2. The Kier molecular flexibility index (Phi) is 4.46. The minimum absolute atomic E-state index is 0.171. The van der Waals surface area contributed by atoms with E-state index in [1.165, 1.54) is 9.13 Å². The topological polar surface area (TPSA) is 75.5 Å². The van der Waals surface area contributed by atoms with Crippen LogP contribution in [0.15, 0.2) is 9.59 Å². The summed E-state index contributed by atoms with van der Waals surface area (Å²) in [4.78, 5) is 30.5. The molecule has 0 spiro atoms. The first-order valence-corrected chi connectivity index (χ1v) is 9.75. The van der Waals surface area contributed by atoms with Gasteiger partial charge in [-0.3, -0.25) is 18.3 Å². The highest BCUT2D eigenvalue weighted by atomic mass is 16.5. The molecule has 3 aromatic heterocycles. The molecule has 4 heterocycles. The molecule has 0 bridgehead atoms. The molecular formula is C19H27N5O3. The average molecular weight is 373 g/mol. The molecule has 0 saturated carbocycles. The summed E-state index contributed by atoms with van der Waals surface area (Å²) in [5.74, 6) is 0.704. The zero-order valence-corrected chi connectivity index (χ0v) is 16.5. The van der Waals surface area contributed by atoms with Crippen molar-refractivity contribution >= 4 is 16.9 Å². The van der Waals surface area contributed by atoms with E-state index in [1.54, 1.807) is 7.05 Å². The van der Waals surface area contributed by atoms with Gasteiger partial charge in [-0.15, -0.1) is 0 Å². The van der Waals surface area contributed by atoms with Gasteiger partial charge in [-0.1, -0.05) is 13.3 Å². The highest BCUT2D eigenvalue weighted by Gasteiger charge is 2.25. The van der Waals surface area contributed by atoms with Crippen molar-refractivity contribution in [1.29, 1.82) is 0 Å². The summed E-state index contributed by atoms with van der Waals surface area (Å²) in [5, 5.41) is 0. The summed E-state index contributed by atoms with van der Waals surface area (Å²) in [6.07, 6.45) is 3.99. The molecule has 4 rings (SSSR count). The second kappa shape index (κ2) is 6.67. The quantitative estimate of drug-likeness (QED) is 0.683. The third-order valence-corrected chi connectivity index (χ3v) is 5.78. The molecule has 0 radical (unpaired) electrons. The van der Waals surface area contributed by atoms with Gasteiger partial charge in [0.15, 0.2) is 11.2 Å². The average Bonchev–Trinajstić information content (AvgIpc) is 3.35. The molecule has 0 aliphatic carbocycles. The van der Waals surface area contributed by atoms with Gasteiger partial charge in [-0.25, -0.2) is 4.79 Å². The summed E-state index contributed by atoms with van der Waals surface area (Å²) in [6.45, 7) is 8.03. The molecule has 1 atom stereocenters. The summed E-state index contributed by atoms with van der Waals surface area (Å²) >= 11 is 0. The number of unbranched alkanes of at least 4 members (excludes halogenated alkanes) is 1. The van der Waals surface area contributed by atoms with Crippen molar-refractivity contribution in [3.8, 4) is 0 Å². The molecule has 0 unspecified atom stereocenters. The summed E-state index contributed by atoms with van der Waals surface area (Å²) in [7, 11) is 1.69. The van der Waals surface area contributed by atoms with Crippen LogP contribution < -0.4 is 11.2 Å². The van der Waals surface area contributed by atoms with Crippen LogP contribution in [0, 0.1) is 13.8 Å². The first kappa shape index (κ1) is 18.0. The maximum absolute atomic E-state index is 13.2. The lowest BCUT2D eigenvalue weighted by molar-refractivity contribution is 0.0974. The molecule has 146 valence electrons. The van der Waals surface area contributed by atoms with Crippen molar-refractivity contribution in [1.82, 2.24) is 23.1 Å². The number of hydrogen-bond donors (Lipinski definition) is 0. The number of aryl methyl sites for hydroxylation is 2. The van der Waals surface area contributed by atoms with Gasteiger partial charge in [-0.2, -0.15) is 4.98 Å². The van der Waals surface area contributed by atoms with Gasteiger partial charge in [0.25, 0.3) is 5.56 Å². The molecule has 1 saturated heterocycles. The van der Waals surface area contributed by atoms with Gasteiger partial charge in [0.2, 0.25) is 5.78 Å². The summed E-state index contributed by atoms with van der Waals surface area (Å²) in [6, 6.07) is 0. The van der Waals surface area contributed by atoms with Crippen molar-refractivity contribution in [3.63, 3.8) is 0 Å². The van der Waals surface area contributed by atoms with Crippen molar-refractivity contribution < 1.29 is 4.74 Å². The van der Waals surface area contributed by atoms with Crippen LogP contribution in [0.1, 0.15) is 44.0 Å². The molecule has 1 aliphatic heterocycles. The largest absolute Gasteiger partial charge is 0.376 e. The van der Waals surface area contributed by atoms with Crippen LogP contribution in [-0.4, -0.2) is 35.8 Å². The van der Waals surface area contributed by atoms with Gasteiger partial charge in [0.05, 0.1) is 12.6 Å². The lowest BCUT2D eigenvalue weighted by Gasteiger charge is -2.12. The molecule has 8 heteroatoms. The van der Waals surface area contributed by atoms with E-state index >= 15 is 0 Å². The van der Waals surface area contributed by atoms with Crippen LogP contribution in [0.5, 0.6) is 0 Å². The molecule has 27 heavy (non-hydrogen) atoms. The Morgan fingerprint density at radius 2 is 1.96 bits per heavy atom. The Morgan fingerprint density at radius 3 is 2.63 bits per heavy atom. The fourth-order valence-electron chi connectivity index (χ4n) is 4.04. The Hall–Kier alpha value is -2.35. The first-order valence-electron chi connectivity index (χ1n) is 9.75. The van der Waals surface area contributed by atoms with Crippen LogP contribution in [0.25, 0.3) is 16.9 Å². The number of aromatic nitrogens is 5. The summed E-state index contributed by atoms with van der Waals surface area (Å²) in [5.41, 5.74) is 2.41. The molecular weight excluding hydrogens is 346 g/mol. The Bertz CT molecular complexity index is 1120. The normalized spacial score (nSPS) is 17.6. The second-order valence-electron chi connectivity index (χ2n) is 7.49. The van der Waals surface area contributed by atoms with E-state index in [9.17, 15) is 9.59 Å². The van der Waals surface area contributed by atoms with E-state index in [1.807, 2.05) is 25.2 Å². The number of imidazole rings is 2. The molecule has 0 aromatic carbocycles. The van der Waals surface area contributed by atoms with Crippen LogP contribution in [0.2, 0.25) is 0 Å². The predicted molar refractivity (Wildman–Crippen MR) is 104 cm³/mol. The number of hydrogen-bond acceptors (Lipinski definition) is 4. The van der Waals surface area contributed by atoms with Crippen LogP contribution in [0.4, 0.5) is 0 Å². The number of rotatable bonds is 5. The minimum Gasteiger partial charge on any atom is -0.376 e. The standard InChI is InChI=1S/C19H27N5O3/c1-5-6-9-22-17(25)15-16(21(4)19(22)26)20-18-23(11-14-8-7-10-27-14)12(2)13(3)24(15)18/h14H,5-11H2,1-4H3/t14-/m1/s1. The highest BCUT2D eigenvalue weighted by Crippen LogP contribution is 2.23. The van der Waals surface area contributed by atoms with Gasteiger partial charge < -0.3 is 9.30 Å². The van der Waals surface area contributed by atoms with E-state index in [-0.39, 0.29) is 17.4 Å².